The van der Waals surface area contributed by atoms with Crippen LogP contribution in [0.3, 0.4) is 0 Å². The first-order valence-corrected chi connectivity index (χ1v) is 17.4. The molecule has 0 bridgehead atoms. The van der Waals surface area contributed by atoms with E-state index in [1.165, 1.54) is 0 Å². The molecule has 0 spiro atoms. The normalized spacial score (nSPS) is 13.2. The van der Waals surface area contributed by atoms with Crippen molar-refractivity contribution in [3.63, 3.8) is 0 Å². The Morgan fingerprint density at radius 3 is 1.45 bits per heavy atom. The molecule has 2 rings (SSSR count). The molecule has 0 saturated heterocycles. The standard InChI is InChI=1S/C23H40N3O9P3/c1-7-30-36(27,31-8-2)23(37(28,32-9-3)33-10-4,38(29,34-11-5)35-12-6)18-22-20-26(25-24-22)19-21-16-14-13-15-17-21/h13-17,20H,7-12,18-19H2,1-6H3. The molecule has 0 amide bonds. The highest BCUT2D eigenvalue weighted by atomic mass is 31.3. The summed E-state index contributed by atoms with van der Waals surface area (Å²) in [5.41, 5.74) is 1.16. The lowest BCUT2D eigenvalue weighted by Gasteiger charge is -2.44. The van der Waals surface area contributed by atoms with Gasteiger partial charge in [0.2, 0.25) is 0 Å². The van der Waals surface area contributed by atoms with E-state index in [1.54, 1.807) is 52.4 Å². The van der Waals surface area contributed by atoms with Crippen LogP contribution >= 0.6 is 22.8 Å². The highest BCUT2D eigenvalue weighted by molar-refractivity contribution is 7.90. The van der Waals surface area contributed by atoms with Crippen LogP contribution in [0.25, 0.3) is 0 Å². The topological polar surface area (TPSA) is 137 Å². The Balaban J connectivity index is 2.87. The van der Waals surface area contributed by atoms with Crippen LogP contribution in [0.1, 0.15) is 52.8 Å². The summed E-state index contributed by atoms with van der Waals surface area (Å²) in [6, 6.07) is 9.57. The van der Waals surface area contributed by atoms with Gasteiger partial charge in [0, 0.05) is 12.6 Å². The van der Waals surface area contributed by atoms with Crippen molar-refractivity contribution in [1.82, 2.24) is 15.0 Å². The van der Waals surface area contributed by atoms with Gasteiger partial charge in [0.15, 0.2) is 0 Å². The molecule has 0 aliphatic rings. The number of benzene rings is 1. The Bertz CT molecular complexity index is 1030. The summed E-state index contributed by atoms with van der Waals surface area (Å²) in [4.78, 5) is 0. The maximum absolute atomic E-state index is 14.8. The molecule has 0 saturated carbocycles. The van der Waals surface area contributed by atoms with Gasteiger partial charge in [0.05, 0.1) is 51.9 Å². The molecule has 216 valence electrons. The largest absolute Gasteiger partial charge is 0.361 e. The molecule has 0 atom stereocenters. The van der Waals surface area contributed by atoms with Gasteiger partial charge in [-0.25, -0.2) is 4.68 Å². The van der Waals surface area contributed by atoms with E-state index in [0.29, 0.717) is 6.54 Å². The van der Waals surface area contributed by atoms with Crippen LogP contribution in [-0.2, 0) is 53.8 Å². The molecule has 0 unspecified atom stereocenters. The summed E-state index contributed by atoms with van der Waals surface area (Å²) < 4.78 is 77.5. The first-order chi connectivity index (χ1) is 18.1. The third kappa shape index (κ3) is 6.92. The lowest BCUT2D eigenvalue weighted by molar-refractivity contribution is 0.166. The average molecular weight is 596 g/mol. The van der Waals surface area contributed by atoms with E-state index in [4.69, 9.17) is 27.1 Å². The summed E-state index contributed by atoms with van der Waals surface area (Å²) in [6.07, 6.45) is 1.07. The van der Waals surface area contributed by atoms with Crippen molar-refractivity contribution in [2.75, 3.05) is 39.6 Å². The summed E-state index contributed by atoms with van der Waals surface area (Å²) in [5, 5.41) is 8.39. The van der Waals surface area contributed by atoms with Crippen LogP contribution in [0, 0.1) is 0 Å². The zero-order chi connectivity index (χ0) is 28.3. The fourth-order valence-corrected chi connectivity index (χ4v) is 14.3. The second-order valence-corrected chi connectivity index (χ2v) is 15.7. The maximum Gasteiger partial charge on any atom is 0.361 e. The zero-order valence-corrected chi connectivity index (χ0v) is 25.7. The van der Waals surface area contributed by atoms with Gasteiger partial charge in [-0.3, -0.25) is 13.7 Å². The van der Waals surface area contributed by atoms with Crippen LogP contribution < -0.4 is 0 Å². The van der Waals surface area contributed by atoms with E-state index in [-0.39, 0.29) is 45.3 Å². The van der Waals surface area contributed by atoms with Crippen LogP contribution in [-0.4, -0.2) is 59.3 Å². The molecule has 1 heterocycles. The Morgan fingerprint density at radius 1 is 0.684 bits per heavy atom. The summed E-state index contributed by atoms with van der Waals surface area (Å²) in [5.74, 6) is 0. The number of hydrogen-bond acceptors (Lipinski definition) is 11. The van der Waals surface area contributed by atoms with Crippen molar-refractivity contribution in [2.45, 2.75) is 59.1 Å². The Morgan fingerprint density at radius 2 is 1.08 bits per heavy atom. The quantitative estimate of drug-likeness (QED) is 0.169. The summed E-state index contributed by atoms with van der Waals surface area (Å²) in [6.45, 7) is 9.23. The summed E-state index contributed by atoms with van der Waals surface area (Å²) >= 11 is 0. The second-order valence-electron chi connectivity index (χ2n) is 7.84. The van der Waals surface area contributed by atoms with E-state index >= 15 is 0 Å². The van der Waals surface area contributed by atoms with E-state index in [1.807, 2.05) is 30.3 Å². The first-order valence-electron chi connectivity index (χ1n) is 12.7. The predicted molar refractivity (Wildman–Crippen MR) is 145 cm³/mol. The lowest BCUT2D eigenvalue weighted by Crippen LogP contribution is -2.37. The van der Waals surface area contributed by atoms with Crippen LogP contribution in [0.5, 0.6) is 0 Å². The molecule has 15 heteroatoms. The van der Waals surface area contributed by atoms with E-state index in [9.17, 15) is 13.7 Å². The third-order valence-corrected chi connectivity index (χ3v) is 16.4. The fourth-order valence-electron chi connectivity index (χ4n) is 4.00. The smallest absolute Gasteiger partial charge is 0.308 e. The Labute approximate surface area is 225 Å². The monoisotopic (exact) mass is 595 g/mol. The minimum absolute atomic E-state index is 0.115. The van der Waals surface area contributed by atoms with E-state index in [2.05, 4.69) is 10.3 Å². The third-order valence-electron chi connectivity index (χ3n) is 5.30. The average Bonchev–Trinajstić information content (AvgIpc) is 3.30. The molecule has 12 nitrogen and oxygen atoms in total. The fraction of sp³-hybridized carbons (Fsp3) is 0.652. The molecular formula is C23H40N3O9P3. The highest BCUT2D eigenvalue weighted by Gasteiger charge is 2.77. The molecule has 0 N–H and O–H groups in total. The van der Waals surface area contributed by atoms with Gasteiger partial charge in [-0.1, -0.05) is 35.5 Å². The maximum atomic E-state index is 14.8. The number of hydrogen-bond donors (Lipinski definition) is 0. The number of rotatable bonds is 19. The van der Waals surface area contributed by atoms with Gasteiger partial charge in [0.25, 0.3) is 4.64 Å². The van der Waals surface area contributed by atoms with Gasteiger partial charge >= 0.3 is 22.8 Å². The molecule has 0 fully saturated rings. The molecule has 1 aromatic heterocycles. The van der Waals surface area contributed by atoms with Gasteiger partial charge in [-0.2, -0.15) is 0 Å². The molecule has 2 aromatic rings. The molecule has 0 aliphatic carbocycles. The van der Waals surface area contributed by atoms with Gasteiger partial charge in [-0.15, -0.1) is 5.10 Å². The van der Waals surface area contributed by atoms with Gasteiger partial charge in [0.1, 0.15) is 0 Å². The van der Waals surface area contributed by atoms with Crippen molar-refractivity contribution in [3.8, 4) is 0 Å². The minimum atomic E-state index is -4.65. The van der Waals surface area contributed by atoms with E-state index < -0.39 is 33.8 Å². The Kier molecular flexibility index (Phi) is 13.0. The number of aromatic nitrogens is 3. The Hall–Kier alpha value is -1.19. The summed E-state index contributed by atoms with van der Waals surface area (Å²) in [7, 11) is -13.9. The number of nitrogens with zero attached hydrogens (tertiary/aromatic N) is 3. The second kappa shape index (κ2) is 15.0. The van der Waals surface area contributed by atoms with Crippen LogP contribution in [0.2, 0.25) is 0 Å². The lowest BCUT2D eigenvalue weighted by atomic mass is 10.2. The molecule has 0 aliphatic heterocycles. The van der Waals surface area contributed by atoms with Crippen molar-refractivity contribution in [2.24, 2.45) is 0 Å². The van der Waals surface area contributed by atoms with Crippen molar-refractivity contribution < 1.29 is 40.8 Å². The molecular weight excluding hydrogens is 555 g/mol. The van der Waals surface area contributed by atoms with Gasteiger partial charge < -0.3 is 27.1 Å². The van der Waals surface area contributed by atoms with Crippen molar-refractivity contribution in [3.05, 3.63) is 47.8 Å². The van der Waals surface area contributed by atoms with Crippen molar-refractivity contribution >= 4 is 22.8 Å². The molecule has 1 aromatic carbocycles. The SMILES string of the molecule is CCOP(=O)(OCC)C(Cc1cn(Cc2ccccc2)nn1)(P(=O)(OCC)OCC)P(=O)(OCC)OCC. The highest BCUT2D eigenvalue weighted by Crippen LogP contribution is 2.91. The minimum Gasteiger partial charge on any atom is -0.308 e. The predicted octanol–water partition coefficient (Wildman–Crippen LogP) is 6.32. The first kappa shape index (κ1) is 33.0. The van der Waals surface area contributed by atoms with Crippen molar-refractivity contribution in [1.29, 1.82) is 0 Å². The van der Waals surface area contributed by atoms with Crippen LogP contribution in [0.15, 0.2) is 36.5 Å². The zero-order valence-electron chi connectivity index (χ0n) is 23.0. The van der Waals surface area contributed by atoms with Gasteiger partial charge in [-0.05, 0) is 47.1 Å². The molecule has 0 radical (unpaired) electrons. The molecule has 38 heavy (non-hydrogen) atoms. The van der Waals surface area contributed by atoms with Crippen LogP contribution in [0.4, 0.5) is 0 Å². The van der Waals surface area contributed by atoms with E-state index in [0.717, 1.165) is 5.56 Å².